The Hall–Kier alpha value is -7.43. The third-order valence-electron chi connectivity index (χ3n) is 12.2. The zero-order chi connectivity index (χ0) is 38.3. The van der Waals surface area contributed by atoms with E-state index < -0.39 is 0 Å². The summed E-state index contributed by atoms with van der Waals surface area (Å²) >= 11 is 0. The van der Waals surface area contributed by atoms with Crippen molar-refractivity contribution in [1.29, 1.82) is 0 Å². The first-order valence-electron chi connectivity index (χ1n) is 20.0. The molecule has 0 spiro atoms. The van der Waals surface area contributed by atoms with E-state index in [1.54, 1.807) is 0 Å². The van der Waals surface area contributed by atoms with Gasteiger partial charge >= 0.3 is 0 Å². The van der Waals surface area contributed by atoms with Gasteiger partial charge in [-0.25, -0.2) is 15.0 Å². The minimum Gasteiger partial charge on any atom is -0.456 e. The number of allylic oxidation sites excluding steroid dienone is 8. The zero-order valence-electron chi connectivity index (χ0n) is 31.7. The molecule has 4 heteroatoms. The minimum atomic E-state index is 0.0235. The highest BCUT2D eigenvalue weighted by Crippen LogP contribution is 2.47. The van der Waals surface area contributed by atoms with Crippen LogP contribution in [0.1, 0.15) is 18.3 Å². The number of hydrogen-bond acceptors (Lipinski definition) is 4. The maximum atomic E-state index is 6.35. The number of furan rings is 1. The SMILES string of the molecule is CC1C=CC(c2cccc3oc4ccccc4c23)=C2C=CC=C(c3nc(-c4ccc5ccc6ccccc6c5c4)nc(-c4cc5ccccc5c5ccccc45)n3)C21. The molecule has 0 saturated carbocycles. The van der Waals surface area contributed by atoms with Gasteiger partial charge in [0.05, 0.1) is 0 Å². The number of para-hydroxylation sites is 1. The number of aromatic nitrogens is 3. The van der Waals surface area contributed by atoms with Crippen LogP contribution >= 0.6 is 0 Å². The van der Waals surface area contributed by atoms with Gasteiger partial charge in [-0.1, -0.05) is 165 Å². The fourth-order valence-corrected chi connectivity index (χ4v) is 9.50. The van der Waals surface area contributed by atoms with Crippen LogP contribution < -0.4 is 0 Å². The predicted molar refractivity (Wildman–Crippen MR) is 240 cm³/mol. The van der Waals surface area contributed by atoms with E-state index in [1.807, 2.05) is 12.1 Å². The molecule has 4 nitrogen and oxygen atoms in total. The average Bonchev–Trinajstić information content (AvgIpc) is 3.68. The van der Waals surface area contributed by atoms with Crippen molar-refractivity contribution in [3.63, 3.8) is 0 Å². The van der Waals surface area contributed by atoms with Crippen molar-refractivity contribution in [2.75, 3.05) is 0 Å². The third kappa shape index (κ3) is 5.05. The van der Waals surface area contributed by atoms with Gasteiger partial charge in [-0.2, -0.15) is 0 Å². The largest absolute Gasteiger partial charge is 0.456 e. The molecule has 0 saturated heterocycles. The van der Waals surface area contributed by atoms with Gasteiger partial charge < -0.3 is 4.42 Å². The highest BCUT2D eigenvalue weighted by molar-refractivity contribution is 6.14. The summed E-state index contributed by atoms with van der Waals surface area (Å²) in [5.41, 5.74) is 8.43. The molecule has 2 aliphatic rings. The predicted octanol–water partition coefficient (Wildman–Crippen LogP) is 13.9. The normalized spacial score (nSPS) is 16.6. The van der Waals surface area contributed by atoms with E-state index in [0.29, 0.717) is 17.5 Å². The Bertz CT molecular complexity index is 3490. The van der Waals surface area contributed by atoms with Gasteiger partial charge in [-0.05, 0) is 90.0 Å². The third-order valence-corrected chi connectivity index (χ3v) is 12.2. The highest BCUT2D eigenvalue weighted by Gasteiger charge is 2.33. The Morgan fingerprint density at radius 1 is 0.483 bits per heavy atom. The monoisotopic (exact) mass is 741 g/mol. The first kappa shape index (κ1) is 32.8. The average molecular weight is 742 g/mol. The second kappa shape index (κ2) is 12.8. The quantitative estimate of drug-likeness (QED) is 0.169. The lowest BCUT2D eigenvalue weighted by Gasteiger charge is -2.32. The lowest BCUT2D eigenvalue weighted by atomic mass is 9.72. The van der Waals surface area contributed by atoms with Crippen molar-refractivity contribution in [1.82, 2.24) is 15.0 Å². The van der Waals surface area contributed by atoms with Crippen LogP contribution in [-0.2, 0) is 0 Å². The molecule has 58 heavy (non-hydrogen) atoms. The van der Waals surface area contributed by atoms with Crippen LogP contribution in [0, 0.1) is 11.8 Å². The number of nitrogens with zero attached hydrogens (tertiary/aromatic N) is 3. The fraction of sp³-hybridized carbons (Fsp3) is 0.0556. The summed E-state index contributed by atoms with van der Waals surface area (Å²) in [6, 6.07) is 53.7. The van der Waals surface area contributed by atoms with E-state index in [9.17, 15) is 0 Å². The maximum absolute atomic E-state index is 6.35. The number of fused-ring (bicyclic) bond motifs is 10. The van der Waals surface area contributed by atoms with Crippen molar-refractivity contribution < 1.29 is 4.42 Å². The highest BCUT2D eigenvalue weighted by atomic mass is 16.3. The van der Waals surface area contributed by atoms with E-state index in [-0.39, 0.29) is 11.8 Å². The molecule has 0 radical (unpaired) electrons. The van der Waals surface area contributed by atoms with Crippen LogP contribution in [0.5, 0.6) is 0 Å². The van der Waals surface area contributed by atoms with Crippen molar-refractivity contribution in [3.05, 3.63) is 199 Å². The van der Waals surface area contributed by atoms with Crippen LogP contribution in [-0.4, -0.2) is 15.0 Å². The summed E-state index contributed by atoms with van der Waals surface area (Å²) in [6.45, 7) is 2.30. The molecular weight excluding hydrogens is 707 g/mol. The topological polar surface area (TPSA) is 51.8 Å². The summed E-state index contributed by atoms with van der Waals surface area (Å²) in [5.74, 6) is 2.23. The smallest absolute Gasteiger partial charge is 0.164 e. The molecule has 10 aromatic rings. The number of benzene rings is 8. The van der Waals surface area contributed by atoms with Crippen LogP contribution in [0.15, 0.2) is 192 Å². The van der Waals surface area contributed by atoms with Crippen molar-refractivity contribution in [2.45, 2.75) is 6.92 Å². The second-order valence-corrected chi connectivity index (χ2v) is 15.5. The molecule has 2 aromatic heterocycles. The van der Waals surface area contributed by atoms with Gasteiger partial charge in [-0.15, -0.1) is 0 Å². The summed E-state index contributed by atoms with van der Waals surface area (Å²) in [4.78, 5) is 16.2. The number of hydrogen-bond donors (Lipinski definition) is 0. The summed E-state index contributed by atoms with van der Waals surface area (Å²) in [5, 5.41) is 11.7. The second-order valence-electron chi connectivity index (χ2n) is 15.5. The Balaban J connectivity index is 1.09. The van der Waals surface area contributed by atoms with Gasteiger partial charge in [0, 0.05) is 33.4 Å². The molecule has 12 rings (SSSR count). The Labute approximate surface area is 334 Å². The van der Waals surface area contributed by atoms with E-state index in [0.717, 1.165) is 49.4 Å². The summed E-state index contributed by atoms with van der Waals surface area (Å²) in [6.07, 6.45) is 11.3. The molecule has 8 aromatic carbocycles. The van der Waals surface area contributed by atoms with Crippen LogP contribution in [0.4, 0.5) is 0 Å². The maximum Gasteiger partial charge on any atom is 0.164 e. The van der Waals surface area contributed by atoms with Gasteiger partial charge in [-0.3, -0.25) is 0 Å². The Morgan fingerprint density at radius 3 is 2.00 bits per heavy atom. The Kier molecular flexibility index (Phi) is 7.24. The molecule has 2 heterocycles. The van der Waals surface area contributed by atoms with Gasteiger partial charge in [0.1, 0.15) is 11.2 Å². The molecule has 2 unspecified atom stereocenters. The lowest BCUT2D eigenvalue weighted by Crippen LogP contribution is -2.21. The molecule has 0 N–H and O–H groups in total. The molecule has 2 atom stereocenters. The van der Waals surface area contributed by atoms with Gasteiger partial charge in [0.15, 0.2) is 17.5 Å². The van der Waals surface area contributed by atoms with Crippen molar-refractivity contribution >= 4 is 76.2 Å². The molecular formula is C54H35N3O. The van der Waals surface area contributed by atoms with Crippen LogP contribution in [0.2, 0.25) is 0 Å². The Morgan fingerprint density at radius 2 is 1.14 bits per heavy atom. The summed E-state index contributed by atoms with van der Waals surface area (Å²) in [7, 11) is 0. The molecule has 0 aliphatic heterocycles. The summed E-state index contributed by atoms with van der Waals surface area (Å²) < 4.78 is 6.35. The molecule has 0 fully saturated rings. The molecule has 0 amide bonds. The number of rotatable bonds is 4. The van der Waals surface area contributed by atoms with Crippen molar-refractivity contribution in [2.24, 2.45) is 11.8 Å². The molecule has 0 bridgehead atoms. The van der Waals surface area contributed by atoms with Gasteiger partial charge in [0.25, 0.3) is 0 Å². The van der Waals surface area contributed by atoms with E-state index >= 15 is 0 Å². The van der Waals surface area contributed by atoms with E-state index in [1.165, 1.54) is 49.0 Å². The first-order valence-corrected chi connectivity index (χ1v) is 20.0. The first-order chi connectivity index (χ1) is 28.7. The fourth-order valence-electron chi connectivity index (χ4n) is 9.50. The van der Waals surface area contributed by atoms with Crippen LogP contribution in [0.3, 0.4) is 0 Å². The van der Waals surface area contributed by atoms with Crippen LogP contribution in [0.25, 0.3) is 99.0 Å². The van der Waals surface area contributed by atoms with E-state index in [4.69, 9.17) is 19.4 Å². The molecule has 2 aliphatic carbocycles. The lowest BCUT2D eigenvalue weighted by molar-refractivity contribution is 0.596. The van der Waals surface area contributed by atoms with Gasteiger partial charge in [0.2, 0.25) is 0 Å². The minimum absolute atomic E-state index is 0.0235. The standard InChI is InChI=1S/C54H35N3O/c1-32-24-29-41(43-20-11-23-49-51(43)44-18-8-9-22-48(44)58-49)42-19-10-21-45(50(32)42)53-55-52(36-28-27-34-26-25-33-12-2-4-14-37(33)46(34)31-36)56-54(57-53)47-30-35-13-3-5-15-38(35)39-16-6-7-17-40(39)47/h2-32,50H,1H3. The molecule has 272 valence electrons. The zero-order valence-corrected chi connectivity index (χ0v) is 31.7. The van der Waals surface area contributed by atoms with E-state index in [2.05, 4.69) is 177 Å². The van der Waals surface area contributed by atoms with Crippen molar-refractivity contribution in [3.8, 4) is 22.8 Å².